The average Bonchev–Trinajstić information content (AvgIpc) is 3.12. The lowest BCUT2D eigenvalue weighted by Gasteiger charge is -2.14. The van der Waals surface area contributed by atoms with E-state index in [9.17, 15) is 14.4 Å². The van der Waals surface area contributed by atoms with Crippen LogP contribution in [0.25, 0.3) is 6.08 Å². The minimum Gasteiger partial charge on any atom is -0.478 e. The van der Waals surface area contributed by atoms with Gasteiger partial charge in [0.2, 0.25) is 0 Å². The SMILES string of the molecule is O=Cc1ccc(C=C2SC(=S)N(c3ccc(C(=O)O)cc3)C2=O)o1. The average molecular weight is 359 g/mol. The zero-order chi connectivity index (χ0) is 17.3. The Morgan fingerprint density at radius 3 is 2.42 bits per heavy atom. The number of rotatable bonds is 4. The number of carbonyl (C=O) groups excluding carboxylic acids is 2. The number of amides is 1. The zero-order valence-corrected chi connectivity index (χ0v) is 13.6. The molecule has 6 nitrogen and oxygen atoms in total. The van der Waals surface area contributed by atoms with Crippen molar-refractivity contribution in [3.05, 3.63) is 58.4 Å². The number of thiocarbonyl (C=S) groups is 1. The molecule has 0 unspecified atom stereocenters. The Labute approximate surface area is 145 Å². The van der Waals surface area contributed by atoms with Gasteiger partial charge in [0.25, 0.3) is 5.91 Å². The van der Waals surface area contributed by atoms with Gasteiger partial charge < -0.3 is 9.52 Å². The summed E-state index contributed by atoms with van der Waals surface area (Å²) in [7, 11) is 0. The lowest BCUT2D eigenvalue weighted by molar-refractivity contribution is -0.113. The quantitative estimate of drug-likeness (QED) is 0.509. The first-order valence-electron chi connectivity index (χ1n) is 6.66. The van der Waals surface area contributed by atoms with Gasteiger partial charge in [-0.25, -0.2) is 4.79 Å². The molecule has 120 valence electrons. The lowest BCUT2D eigenvalue weighted by atomic mass is 10.2. The van der Waals surface area contributed by atoms with E-state index in [1.54, 1.807) is 6.07 Å². The summed E-state index contributed by atoms with van der Waals surface area (Å²) >= 11 is 6.33. The molecule has 0 saturated carbocycles. The van der Waals surface area contributed by atoms with Crippen molar-refractivity contribution < 1.29 is 23.9 Å². The molecule has 0 spiro atoms. The van der Waals surface area contributed by atoms with Crippen LogP contribution in [0.5, 0.6) is 0 Å². The molecular formula is C16H9NO5S2. The molecule has 1 amide bonds. The van der Waals surface area contributed by atoms with E-state index in [-0.39, 0.29) is 17.2 Å². The van der Waals surface area contributed by atoms with Crippen LogP contribution in [-0.4, -0.2) is 27.6 Å². The number of aromatic carboxylic acids is 1. The monoisotopic (exact) mass is 359 g/mol. The summed E-state index contributed by atoms with van der Waals surface area (Å²) < 4.78 is 5.55. The third-order valence-corrected chi connectivity index (χ3v) is 4.51. The normalized spacial score (nSPS) is 16.0. The minimum absolute atomic E-state index is 0.122. The van der Waals surface area contributed by atoms with Crippen LogP contribution in [0.3, 0.4) is 0 Å². The number of aldehydes is 1. The highest BCUT2D eigenvalue weighted by Gasteiger charge is 2.33. The molecular weight excluding hydrogens is 350 g/mol. The molecule has 1 aromatic heterocycles. The van der Waals surface area contributed by atoms with Crippen molar-refractivity contribution in [2.45, 2.75) is 0 Å². The molecule has 24 heavy (non-hydrogen) atoms. The van der Waals surface area contributed by atoms with Crippen LogP contribution < -0.4 is 4.90 Å². The third kappa shape index (κ3) is 3.01. The van der Waals surface area contributed by atoms with Crippen molar-refractivity contribution >= 4 is 58.2 Å². The molecule has 1 N–H and O–H groups in total. The third-order valence-electron chi connectivity index (χ3n) is 3.20. The number of carboxylic acid groups (broad SMARTS) is 1. The van der Waals surface area contributed by atoms with Gasteiger partial charge in [0, 0.05) is 6.08 Å². The van der Waals surface area contributed by atoms with Crippen LogP contribution in [0, 0.1) is 0 Å². The zero-order valence-electron chi connectivity index (χ0n) is 12.0. The molecule has 0 aliphatic carbocycles. The van der Waals surface area contributed by atoms with Crippen LogP contribution in [0.2, 0.25) is 0 Å². The summed E-state index contributed by atoms with van der Waals surface area (Å²) in [4.78, 5) is 35.7. The molecule has 1 aliphatic rings. The lowest BCUT2D eigenvalue weighted by Crippen LogP contribution is -2.27. The number of carbonyl (C=O) groups is 3. The maximum Gasteiger partial charge on any atom is 0.335 e. The number of thioether (sulfide) groups is 1. The largest absolute Gasteiger partial charge is 0.478 e. The van der Waals surface area contributed by atoms with E-state index in [1.165, 1.54) is 41.3 Å². The highest BCUT2D eigenvalue weighted by molar-refractivity contribution is 8.27. The Balaban J connectivity index is 1.88. The topological polar surface area (TPSA) is 87.8 Å². The Hall–Kier alpha value is -2.71. The number of benzene rings is 1. The number of nitrogens with zero attached hydrogens (tertiary/aromatic N) is 1. The maximum atomic E-state index is 12.5. The summed E-state index contributed by atoms with van der Waals surface area (Å²) in [6.07, 6.45) is 2.09. The fraction of sp³-hybridized carbons (Fsp3) is 0. The number of hydrogen-bond donors (Lipinski definition) is 1. The fourth-order valence-electron chi connectivity index (χ4n) is 2.08. The molecule has 1 fully saturated rings. The van der Waals surface area contributed by atoms with Gasteiger partial charge in [0.1, 0.15) is 5.76 Å². The van der Waals surface area contributed by atoms with Gasteiger partial charge in [-0.05, 0) is 36.4 Å². The first kappa shape index (κ1) is 16.2. The number of furan rings is 1. The van der Waals surface area contributed by atoms with Gasteiger partial charge in [-0.3, -0.25) is 14.5 Å². The van der Waals surface area contributed by atoms with Crippen molar-refractivity contribution in [3.8, 4) is 0 Å². The van der Waals surface area contributed by atoms with Gasteiger partial charge >= 0.3 is 5.97 Å². The van der Waals surface area contributed by atoms with Crippen LogP contribution in [0.4, 0.5) is 5.69 Å². The predicted molar refractivity (Wildman–Crippen MR) is 93.1 cm³/mol. The summed E-state index contributed by atoms with van der Waals surface area (Å²) in [5.74, 6) is -0.840. The molecule has 0 atom stereocenters. The standard InChI is InChI=1S/C16H9NO5S2/c18-8-12-6-5-11(22-12)7-13-14(19)17(16(23)24-13)10-3-1-9(2-4-10)15(20)21/h1-8H,(H,20,21). The van der Waals surface area contributed by atoms with E-state index in [0.717, 1.165) is 11.8 Å². The fourth-order valence-corrected chi connectivity index (χ4v) is 3.36. The molecule has 8 heteroatoms. The predicted octanol–water partition coefficient (Wildman–Crippen LogP) is 3.20. The second-order valence-electron chi connectivity index (χ2n) is 4.73. The Bertz CT molecular complexity index is 882. The van der Waals surface area contributed by atoms with Gasteiger partial charge in [0.15, 0.2) is 16.4 Å². The Morgan fingerprint density at radius 1 is 1.17 bits per heavy atom. The Kier molecular flexibility index (Phi) is 4.32. The minimum atomic E-state index is -1.05. The summed E-state index contributed by atoms with van der Waals surface area (Å²) in [6.45, 7) is 0. The smallest absolute Gasteiger partial charge is 0.335 e. The van der Waals surface area contributed by atoms with Gasteiger partial charge in [-0.2, -0.15) is 0 Å². The second-order valence-corrected chi connectivity index (χ2v) is 6.40. The molecule has 0 radical (unpaired) electrons. The molecule has 0 bridgehead atoms. The highest BCUT2D eigenvalue weighted by atomic mass is 32.2. The molecule has 2 heterocycles. The van der Waals surface area contributed by atoms with Crippen molar-refractivity contribution in [1.82, 2.24) is 0 Å². The van der Waals surface area contributed by atoms with E-state index in [1.807, 2.05) is 0 Å². The molecule has 1 aromatic carbocycles. The van der Waals surface area contributed by atoms with Gasteiger partial charge in [-0.1, -0.05) is 24.0 Å². The van der Waals surface area contributed by atoms with E-state index in [4.69, 9.17) is 21.7 Å². The molecule has 1 saturated heterocycles. The first-order chi connectivity index (χ1) is 11.5. The number of hydrogen-bond acceptors (Lipinski definition) is 6. The Morgan fingerprint density at radius 2 is 1.83 bits per heavy atom. The maximum absolute atomic E-state index is 12.5. The second kappa shape index (κ2) is 6.42. The van der Waals surface area contributed by atoms with Gasteiger partial charge in [0.05, 0.1) is 16.2 Å². The first-order valence-corrected chi connectivity index (χ1v) is 7.88. The van der Waals surface area contributed by atoms with E-state index < -0.39 is 5.97 Å². The molecule has 2 aromatic rings. The van der Waals surface area contributed by atoms with Gasteiger partial charge in [-0.15, -0.1) is 0 Å². The van der Waals surface area contributed by atoms with Crippen LogP contribution in [-0.2, 0) is 4.79 Å². The summed E-state index contributed by atoms with van der Waals surface area (Å²) in [5.41, 5.74) is 0.607. The molecule has 3 rings (SSSR count). The molecule has 1 aliphatic heterocycles. The summed E-state index contributed by atoms with van der Waals surface area (Å²) in [5, 5.41) is 8.92. The highest BCUT2D eigenvalue weighted by Crippen LogP contribution is 2.36. The van der Waals surface area contributed by atoms with Crippen LogP contribution in [0.1, 0.15) is 26.7 Å². The van der Waals surface area contributed by atoms with Crippen LogP contribution >= 0.6 is 24.0 Å². The van der Waals surface area contributed by atoms with Crippen molar-refractivity contribution in [2.24, 2.45) is 0 Å². The van der Waals surface area contributed by atoms with E-state index >= 15 is 0 Å². The van der Waals surface area contributed by atoms with Crippen molar-refractivity contribution in [2.75, 3.05) is 4.90 Å². The van der Waals surface area contributed by atoms with E-state index in [2.05, 4.69) is 0 Å². The number of carboxylic acids is 1. The van der Waals surface area contributed by atoms with Crippen molar-refractivity contribution in [1.29, 1.82) is 0 Å². The van der Waals surface area contributed by atoms with Crippen LogP contribution in [0.15, 0.2) is 45.7 Å². The van der Waals surface area contributed by atoms with E-state index in [0.29, 0.717) is 27.0 Å². The number of anilines is 1. The summed E-state index contributed by atoms with van der Waals surface area (Å²) in [6, 6.07) is 8.94. The van der Waals surface area contributed by atoms with Crippen molar-refractivity contribution in [3.63, 3.8) is 0 Å².